The Labute approximate surface area is 160 Å². The first-order valence-electron chi connectivity index (χ1n) is 9.00. The molecule has 2 aromatic carbocycles. The van der Waals surface area contributed by atoms with Crippen LogP contribution in [-0.4, -0.2) is 21.4 Å². The van der Waals surface area contributed by atoms with Crippen molar-refractivity contribution >= 4 is 5.82 Å². The molecular formula is C21H19F3N4. The number of hydrogen-bond donors (Lipinski definition) is 1. The van der Waals surface area contributed by atoms with Gasteiger partial charge in [-0.25, -0.2) is 9.97 Å². The zero-order valence-corrected chi connectivity index (χ0v) is 15.1. The summed E-state index contributed by atoms with van der Waals surface area (Å²) in [5, 5.41) is 0. The van der Waals surface area contributed by atoms with Crippen molar-refractivity contribution in [3.63, 3.8) is 0 Å². The van der Waals surface area contributed by atoms with Crippen LogP contribution in [0, 0.1) is 0 Å². The number of hydrogen-bond acceptors (Lipinski definition) is 4. The first-order chi connectivity index (χ1) is 13.4. The normalized spacial score (nSPS) is 14.7. The van der Waals surface area contributed by atoms with E-state index in [1.165, 1.54) is 17.7 Å². The summed E-state index contributed by atoms with van der Waals surface area (Å²) in [5.41, 5.74) is 7.98. The molecule has 144 valence electrons. The van der Waals surface area contributed by atoms with E-state index in [1.807, 2.05) is 18.2 Å². The lowest BCUT2D eigenvalue weighted by Gasteiger charge is -2.29. The fourth-order valence-electron chi connectivity index (χ4n) is 3.54. The molecule has 28 heavy (non-hydrogen) atoms. The SMILES string of the molecule is Nc1nc(-c2ccccc2C(F)(F)F)nc2c1CCN(Cc1ccccc1)C2. The molecule has 1 aliphatic rings. The number of benzene rings is 2. The third-order valence-corrected chi connectivity index (χ3v) is 4.90. The Bertz CT molecular complexity index is 987. The number of nitrogen functional groups attached to an aromatic ring is 1. The van der Waals surface area contributed by atoms with Gasteiger partial charge in [0, 0.05) is 30.8 Å². The van der Waals surface area contributed by atoms with Crippen LogP contribution >= 0.6 is 0 Å². The number of halogens is 3. The fraction of sp³-hybridized carbons (Fsp3) is 0.238. The van der Waals surface area contributed by atoms with Crippen molar-refractivity contribution < 1.29 is 13.2 Å². The van der Waals surface area contributed by atoms with Crippen LogP contribution in [0.25, 0.3) is 11.4 Å². The van der Waals surface area contributed by atoms with Crippen molar-refractivity contribution in [2.45, 2.75) is 25.7 Å². The van der Waals surface area contributed by atoms with Gasteiger partial charge in [-0.3, -0.25) is 4.90 Å². The van der Waals surface area contributed by atoms with Crippen LogP contribution in [0.3, 0.4) is 0 Å². The van der Waals surface area contributed by atoms with Crippen LogP contribution in [0.4, 0.5) is 19.0 Å². The minimum atomic E-state index is -4.48. The third-order valence-electron chi connectivity index (χ3n) is 4.90. The molecule has 0 radical (unpaired) electrons. The van der Waals surface area contributed by atoms with Gasteiger partial charge in [-0.05, 0) is 18.1 Å². The van der Waals surface area contributed by atoms with Gasteiger partial charge < -0.3 is 5.73 Å². The van der Waals surface area contributed by atoms with Crippen molar-refractivity contribution in [1.82, 2.24) is 14.9 Å². The van der Waals surface area contributed by atoms with Crippen LogP contribution in [-0.2, 0) is 25.7 Å². The van der Waals surface area contributed by atoms with Crippen LogP contribution < -0.4 is 5.73 Å². The first-order valence-corrected chi connectivity index (χ1v) is 9.00. The highest BCUT2D eigenvalue weighted by Crippen LogP contribution is 2.36. The van der Waals surface area contributed by atoms with Gasteiger partial charge in [0.1, 0.15) is 5.82 Å². The minimum Gasteiger partial charge on any atom is -0.383 e. The van der Waals surface area contributed by atoms with Gasteiger partial charge in [0.15, 0.2) is 5.82 Å². The molecular weight excluding hydrogens is 365 g/mol. The van der Waals surface area contributed by atoms with Gasteiger partial charge in [-0.2, -0.15) is 13.2 Å². The van der Waals surface area contributed by atoms with Crippen LogP contribution in [0.1, 0.15) is 22.4 Å². The molecule has 2 N–H and O–H groups in total. The summed E-state index contributed by atoms with van der Waals surface area (Å²) in [7, 11) is 0. The Morgan fingerprint density at radius 3 is 2.43 bits per heavy atom. The van der Waals surface area contributed by atoms with Gasteiger partial charge in [-0.15, -0.1) is 0 Å². The predicted octanol–water partition coefficient (Wildman–Crippen LogP) is 4.30. The molecule has 3 aromatic rings. The summed E-state index contributed by atoms with van der Waals surface area (Å²) in [6.45, 7) is 2.07. The minimum absolute atomic E-state index is 0.0192. The maximum atomic E-state index is 13.4. The van der Waals surface area contributed by atoms with E-state index in [4.69, 9.17) is 5.73 Å². The molecule has 0 atom stereocenters. The van der Waals surface area contributed by atoms with Gasteiger partial charge in [0.2, 0.25) is 0 Å². The standard InChI is InChI=1S/C21H19F3N4/c22-21(23,24)17-9-5-4-8-15(17)20-26-18-13-28(11-10-16(18)19(25)27-20)12-14-6-2-1-3-7-14/h1-9H,10-13H2,(H2,25,26,27). The number of nitrogens with two attached hydrogens (primary N) is 1. The molecule has 0 unspecified atom stereocenters. The molecule has 0 fully saturated rings. The van der Waals surface area contributed by atoms with Crippen molar-refractivity contribution in [2.24, 2.45) is 0 Å². The van der Waals surface area contributed by atoms with Crippen molar-refractivity contribution in [1.29, 1.82) is 0 Å². The van der Waals surface area contributed by atoms with E-state index < -0.39 is 11.7 Å². The molecule has 4 rings (SSSR count). The quantitative estimate of drug-likeness (QED) is 0.731. The summed E-state index contributed by atoms with van der Waals surface area (Å²) in [5.74, 6) is 0.280. The number of anilines is 1. The summed E-state index contributed by atoms with van der Waals surface area (Å²) >= 11 is 0. The van der Waals surface area contributed by atoms with Gasteiger partial charge >= 0.3 is 6.18 Å². The molecule has 0 saturated heterocycles. The topological polar surface area (TPSA) is 55.0 Å². The van der Waals surface area contributed by atoms with Gasteiger partial charge in [0.25, 0.3) is 0 Å². The third kappa shape index (κ3) is 3.71. The second-order valence-electron chi connectivity index (χ2n) is 6.85. The highest BCUT2D eigenvalue weighted by Gasteiger charge is 2.34. The van der Waals surface area contributed by atoms with E-state index in [9.17, 15) is 13.2 Å². The van der Waals surface area contributed by atoms with Crippen molar-refractivity contribution in [3.8, 4) is 11.4 Å². The number of nitrogens with zero attached hydrogens (tertiary/aromatic N) is 3. The smallest absolute Gasteiger partial charge is 0.383 e. The average molecular weight is 384 g/mol. The number of fused-ring (bicyclic) bond motifs is 1. The molecule has 1 aromatic heterocycles. The molecule has 0 bridgehead atoms. The largest absolute Gasteiger partial charge is 0.417 e. The highest BCUT2D eigenvalue weighted by atomic mass is 19.4. The van der Waals surface area contributed by atoms with E-state index in [-0.39, 0.29) is 17.2 Å². The fourth-order valence-corrected chi connectivity index (χ4v) is 3.54. The average Bonchev–Trinajstić information content (AvgIpc) is 2.68. The van der Waals surface area contributed by atoms with Gasteiger partial charge in [0.05, 0.1) is 11.3 Å². The van der Waals surface area contributed by atoms with E-state index in [2.05, 4.69) is 27.0 Å². The Balaban J connectivity index is 1.68. The van der Waals surface area contributed by atoms with Crippen LogP contribution in [0.5, 0.6) is 0 Å². The van der Waals surface area contributed by atoms with Gasteiger partial charge in [-0.1, -0.05) is 48.5 Å². The Morgan fingerprint density at radius 2 is 1.68 bits per heavy atom. The van der Waals surface area contributed by atoms with E-state index in [0.29, 0.717) is 18.7 Å². The molecule has 1 aliphatic heterocycles. The first kappa shape index (κ1) is 18.4. The lowest BCUT2D eigenvalue weighted by atomic mass is 10.0. The maximum absolute atomic E-state index is 13.4. The summed E-state index contributed by atoms with van der Waals surface area (Å²) in [6, 6.07) is 15.4. The summed E-state index contributed by atoms with van der Waals surface area (Å²) in [4.78, 5) is 10.9. The van der Waals surface area contributed by atoms with Crippen molar-refractivity contribution in [2.75, 3.05) is 12.3 Å². The van der Waals surface area contributed by atoms with Crippen LogP contribution in [0.2, 0.25) is 0 Å². The summed E-state index contributed by atoms with van der Waals surface area (Å²) < 4.78 is 40.1. The lowest BCUT2D eigenvalue weighted by molar-refractivity contribution is -0.137. The monoisotopic (exact) mass is 384 g/mol. The molecule has 0 aliphatic carbocycles. The second kappa shape index (κ2) is 7.24. The van der Waals surface area contributed by atoms with Crippen molar-refractivity contribution in [3.05, 3.63) is 77.0 Å². The maximum Gasteiger partial charge on any atom is 0.417 e. The Hall–Kier alpha value is -2.93. The number of rotatable bonds is 3. The number of alkyl halides is 3. The number of aromatic nitrogens is 2. The molecule has 4 nitrogen and oxygen atoms in total. The molecule has 2 heterocycles. The Morgan fingerprint density at radius 1 is 0.964 bits per heavy atom. The second-order valence-corrected chi connectivity index (χ2v) is 6.85. The highest BCUT2D eigenvalue weighted by molar-refractivity contribution is 5.64. The van der Waals surface area contributed by atoms with Crippen LogP contribution in [0.15, 0.2) is 54.6 Å². The molecule has 7 heteroatoms. The molecule has 0 spiro atoms. The Kier molecular flexibility index (Phi) is 4.77. The van der Waals surface area contributed by atoms with E-state index in [0.717, 1.165) is 24.7 Å². The zero-order valence-electron chi connectivity index (χ0n) is 15.1. The predicted molar refractivity (Wildman–Crippen MR) is 101 cm³/mol. The lowest BCUT2D eigenvalue weighted by Crippen LogP contribution is -2.31. The molecule has 0 saturated carbocycles. The van der Waals surface area contributed by atoms with E-state index in [1.54, 1.807) is 6.07 Å². The zero-order chi connectivity index (χ0) is 19.7. The van der Waals surface area contributed by atoms with E-state index >= 15 is 0 Å². The summed E-state index contributed by atoms with van der Waals surface area (Å²) in [6.07, 6.45) is -3.81. The molecule has 0 amide bonds.